The first-order valence-electron chi connectivity index (χ1n) is 3.65. The Balaban J connectivity index is 2.73. The van der Waals surface area contributed by atoms with Gasteiger partial charge in [0, 0.05) is 23.7 Å². The molecule has 1 aromatic carbocycles. The molecule has 2 aromatic rings. The number of nitrogens with two attached hydrogens (primary N) is 2. The fraction of sp³-hybridized carbons (Fsp3) is 0.125. The maximum atomic E-state index is 5.56. The summed E-state index contributed by atoms with van der Waals surface area (Å²) in [6.45, 7) is 0.386. The highest BCUT2D eigenvalue weighted by molar-refractivity contribution is 5.82. The van der Waals surface area contributed by atoms with E-state index in [9.17, 15) is 0 Å². The minimum atomic E-state index is 0.386. The van der Waals surface area contributed by atoms with Gasteiger partial charge in [-0.15, -0.1) is 0 Å². The van der Waals surface area contributed by atoms with Gasteiger partial charge in [0.05, 0.1) is 0 Å². The molecule has 0 aliphatic heterocycles. The zero-order valence-corrected chi connectivity index (χ0v) is 6.45. The summed E-state index contributed by atoms with van der Waals surface area (Å²) in [5, 5.41) is 4.74. The molecule has 4 nitrogen and oxygen atoms in total. The fourth-order valence-corrected chi connectivity index (χ4v) is 1.15. The van der Waals surface area contributed by atoms with E-state index < -0.39 is 0 Å². The molecule has 0 unspecified atom stereocenters. The lowest BCUT2D eigenvalue weighted by atomic mass is 10.2. The minimum Gasteiger partial charge on any atom is -0.399 e. The van der Waals surface area contributed by atoms with Crippen molar-refractivity contribution in [3.8, 4) is 0 Å². The molecule has 1 aromatic heterocycles. The maximum Gasteiger partial charge on any atom is 0.169 e. The van der Waals surface area contributed by atoms with E-state index in [0.29, 0.717) is 17.8 Å². The second-order valence-electron chi connectivity index (χ2n) is 2.59. The molecular weight excluding hydrogens is 154 g/mol. The summed E-state index contributed by atoms with van der Waals surface area (Å²) >= 11 is 0. The molecule has 1 heterocycles. The average molecular weight is 163 g/mol. The Kier molecular flexibility index (Phi) is 1.48. The van der Waals surface area contributed by atoms with Crippen LogP contribution in [0.15, 0.2) is 22.7 Å². The van der Waals surface area contributed by atoms with Gasteiger partial charge in [-0.3, -0.25) is 0 Å². The van der Waals surface area contributed by atoms with Crippen molar-refractivity contribution in [3.05, 3.63) is 23.9 Å². The number of anilines is 1. The van der Waals surface area contributed by atoms with Crippen LogP contribution in [0.4, 0.5) is 5.69 Å². The predicted molar refractivity (Wildman–Crippen MR) is 46.3 cm³/mol. The zero-order valence-electron chi connectivity index (χ0n) is 6.45. The van der Waals surface area contributed by atoms with Crippen molar-refractivity contribution in [1.29, 1.82) is 0 Å². The van der Waals surface area contributed by atoms with Crippen molar-refractivity contribution < 1.29 is 4.52 Å². The van der Waals surface area contributed by atoms with Gasteiger partial charge in [-0.25, -0.2) is 0 Å². The number of hydrogen-bond donors (Lipinski definition) is 2. The van der Waals surface area contributed by atoms with Gasteiger partial charge >= 0.3 is 0 Å². The molecule has 2 rings (SSSR count). The van der Waals surface area contributed by atoms with Crippen LogP contribution in [0.1, 0.15) is 5.69 Å². The SMILES string of the molecule is NCc1noc2cc(N)ccc12. The standard InChI is InChI=1S/C8H9N3O/c9-4-7-6-2-1-5(10)3-8(6)12-11-7/h1-3H,4,9-10H2. The second kappa shape index (κ2) is 2.49. The summed E-state index contributed by atoms with van der Waals surface area (Å²) in [5.74, 6) is 0. The van der Waals surface area contributed by atoms with E-state index in [1.807, 2.05) is 6.07 Å². The van der Waals surface area contributed by atoms with Gasteiger partial charge in [0.15, 0.2) is 5.58 Å². The van der Waals surface area contributed by atoms with Crippen LogP contribution < -0.4 is 11.5 Å². The number of nitrogens with zero attached hydrogens (tertiary/aromatic N) is 1. The Morgan fingerprint density at radius 1 is 1.42 bits per heavy atom. The molecule has 0 bridgehead atoms. The molecular formula is C8H9N3O. The van der Waals surface area contributed by atoms with E-state index in [2.05, 4.69) is 5.16 Å². The van der Waals surface area contributed by atoms with Crippen LogP contribution in [0.2, 0.25) is 0 Å². The van der Waals surface area contributed by atoms with E-state index in [1.165, 1.54) is 0 Å². The number of fused-ring (bicyclic) bond motifs is 1. The van der Waals surface area contributed by atoms with Gasteiger partial charge in [-0.05, 0) is 12.1 Å². The van der Waals surface area contributed by atoms with Gasteiger partial charge in [0.2, 0.25) is 0 Å². The summed E-state index contributed by atoms with van der Waals surface area (Å²) in [6.07, 6.45) is 0. The van der Waals surface area contributed by atoms with Crippen molar-refractivity contribution in [2.24, 2.45) is 5.73 Å². The summed E-state index contributed by atoms with van der Waals surface area (Å²) in [4.78, 5) is 0. The Labute approximate surface area is 69.1 Å². The highest BCUT2D eigenvalue weighted by atomic mass is 16.5. The number of hydrogen-bond acceptors (Lipinski definition) is 4. The van der Waals surface area contributed by atoms with E-state index in [0.717, 1.165) is 11.1 Å². The Morgan fingerprint density at radius 3 is 3.00 bits per heavy atom. The summed E-state index contributed by atoms with van der Waals surface area (Å²) < 4.78 is 5.01. The first-order chi connectivity index (χ1) is 5.81. The van der Waals surface area contributed by atoms with Crippen LogP contribution in [0.5, 0.6) is 0 Å². The zero-order chi connectivity index (χ0) is 8.55. The van der Waals surface area contributed by atoms with Gasteiger partial charge in [0.1, 0.15) is 5.69 Å². The molecule has 4 N–H and O–H groups in total. The van der Waals surface area contributed by atoms with Crippen LogP contribution in [-0.4, -0.2) is 5.16 Å². The third-order valence-corrected chi connectivity index (χ3v) is 1.76. The quantitative estimate of drug-likeness (QED) is 0.611. The van der Waals surface area contributed by atoms with Crippen molar-refractivity contribution in [2.45, 2.75) is 6.54 Å². The molecule has 0 spiro atoms. The predicted octanol–water partition coefficient (Wildman–Crippen LogP) is 0.869. The van der Waals surface area contributed by atoms with Crippen molar-refractivity contribution in [3.63, 3.8) is 0 Å². The van der Waals surface area contributed by atoms with Crippen molar-refractivity contribution >= 4 is 16.7 Å². The molecule has 0 aliphatic carbocycles. The smallest absolute Gasteiger partial charge is 0.169 e. The summed E-state index contributed by atoms with van der Waals surface area (Å²) in [5.41, 5.74) is 13.1. The molecule has 0 saturated carbocycles. The second-order valence-corrected chi connectivity index (χ2v) is 2.59. The molecule has 0 amide bonds. The Bertz CT molecular complexity index is 408. The van der Waals surface area contributed by atoms with E-state index in [-0.39, 0.29) is 0 Å². The average Bonchev–Trinajstić information content (AvgIpc) is 2.46. The lowest BCUT2D eigenvalue weighted by Gasteiger charge is -1.91. The molecule has 0 atom stereocenters. The third kappa shape index (κ3) is 0.931. The van der Waals surface area contributed by atoms with E-state index in [1.54, 1.807) is 12.1 Å². The highest BCUT2D eigenvalue weighted by Gasteiger charge is 2.05. The first-order valence-corrected chi connectivity index (χ1v) is 3.65. The summed E-state index contributed by atoms with van der Waals surface area (Å²) in [7, 11) is 0. The maximum absolute atomic E-state index is 5.56. The van der Waals surface area contributed by atoms with Crippen molar-refractivity contribution in [2.75, 3.05) is 5.73 Å². The highest BCUT2D eigenvalue weighted by Crippen LogP contribution is 2.20. The van der Waals surface area contributed by atoms with Gasteiger partial charge in [-0.2, -0.15) is 0 Å². The van der Waals surface area contributed by atoms with Crippen LogP contribution in [0, 0.1) is 0 Å². The van der Waals surface area contributed by atoms with Crippen LogP contribution in [0.3, 0.4) is 0 Å². The normalized spacial score (nSPS) is 10.8. The molecule has 0 fully saturated rings. The lowest BCUT2D eigenvalue weighted by Crippen LogP contribution is -1.96. The van der Waals surface area contributed by atoms with Gasteiger partial charge in [0.25, 0.3) is 0 Å². The molecule has 0 aliphatic rings. The first kappa shape index (κ1) is 7.12. The van der Waals surface area contributed by atoms with Gasteiger partial charge < -0.3 is 16.0 Å². The molecule has 4 heteroatoms. The molecule has 62 valence electrons. The molecule has 0 radical (unpaired) electrons. The Morgan fingerprint density at radius 2 is 2.25 bits per heavy atom. The largest absolute Gasteiger partial charge is 0.399 e. The lowest BCUT2D eigenvalue weighted by molar-refractivity contribution is 0.446. The van der Waals surface area contributed by atoms with Gasteiger partial charge in [-0.1, -0.05) is 5.16 Å². The Hall–Kier alpha value is -1.55. The number of benzene rings is 1. The van der Waals surface area contributed by atoms with E-state index in [4.69, 9.17) is 16.0 Å². The monoisotopic (exact) mass is 163 g/mol. The van der Waals surface area contributed by atoms with Crippen LogP contribution in [-0.2, 0) is 6.54 Å². The summed E-state index contributed by atoms with van der Waals surface area (Å²) in [6, 6.07) is 5.41. The number of aromatic nitrogens is 1. The third-order valence-electron chi connectivity index (χ3n) is 1.76. The topological polar surface area (TPSA) is 78.1 Å². The number of nitrogen functional groups attached to an aromatic ring is 1. The van der Waals surface area contributed by atoms with Crippen LogP contribution in [0.25, 0.3) is 11.0 Å². The fourth-order valence-electron chi connectivity index (χ4n) is 1.15. The minimum absolute atomic E-state index is 0.386. The number of rotatable bonds is 1. The molecule has 0 saturated heterocycles. The van der Waals surface area contributed by atoms with E-state index >= 15 is 0 Å². The van der Waals surface area contributed by atoms with Crippen molar-refractivity contribution in [1.82, 2.24) is 5.16 Å². The van der Waals surface area contributed by atoms with Crippen LogP contribution >= 0.6 is 0 Å². The molecule has 12 heavy (non-hydrogen) atoms.